The summed E-state index contributed by atoms with van der Waals surface area (Å²) in [5.41, 5.74) is 0.293. The lowest BCUT2D eigenvalue weighted by Crippen LogP contribution is -2.40. The molecule has 1 aromatic carbocycles. The number of carbonyl (C=O) groups is 2. The van der Waals surface area contributed by atoms with Gasteiger partial charge in [-0.15, -0.1) is 11.8 Å². The molecule has 0 atom stereocenters. The molecule has 0 N–H and O–H groups in total. The Morgan fingerprint density at radius 2 is 1.70 bits per heavy atom. The summed E-state index contributed by atoms with van der Waals surface area (Å²) in [6, 6.07) is 5.34. The van der Waals surface area contributed by atoms with Gasteiger partial charge < -0.3 is 9.16 Å². The number of Topliss-reactive ketones (excluding diaryl/α,β-unsaturated/α-hetero) is 1. The average molecular weight is 568 g/mol. The van der Waals surface area contributed by atoms with Crippen LogP contribution in [0.4, 0.5) is 5.69 Å². The van der Waals surface area contributed by atoms with Gasteiger partial charge in [0.15, 0.2) is 14.1 Å². The molecule has 0 fully saturated rings. The summed E-state index contributed by atoms with van der Waals surface area (Å²) in [5, 5.41) is 11.6. The fraction of sp³-hybridized carbons (Fsp3) is 0.630. The second kappa shape index (κ2) is 14.4. The number of unbranched alkanes of at least 4 members (excludes halogenated alkanes) is 2. The maximum atomic E-state index is 12.7. The lowest BCUT2D eigenvalue weighted by Gasteiger charge is -2.36. The number of nitro benzene ring substituents is 1. The quantitative estimate of drug-likeness (QED) is 0.0246. The van der Waals surface area contributed by atoms with Crippen molar-refractivity contribution in [1.29, 1.82) is 0 Å². The Kier molecular flexibility index (Phi) is 13.0. The Hall–Kier alpha value is -1.76. The molecule has 0 amide bonds. The van der Waals surface area contributed by atoms with Crippen molar-refractivity contribution in [2.24, 2.45) is 0 Å². The van der Waals surface area contributed by atoms with E-state index in [-0.39, 0.29) is 22.9 Å². The Bertz CT molecular complexity index is 980. The molecule has 0 radical (unpaired) electrons. The van der Waals surface area contributed by atoms with E-state index in [9.17, 15) is 19.7 Å². The predicted octanol–water partition coefficient (Wildman–Crippen LogP) is 7.73. The SMILES string of the molecule is CC(=O)C(=Cc1cc([N+](=O)[O-])ccc1SCCCCCO[Si](C)(C)C(C)(C)C)C(=O)OCC[Si](C)(C)C. The molecule has 0 heterocycles. The van der Waals surface area contributed by atoms with Gasteiger partial charge in [-0.3, -0.25) is 14.9 Å². The first-order chi connectivity index (χ1) is 16.9. The first-order valence-corrected chi connectivity index (χ1v) is 20.5. The number of benzene rings is 1. The van der Waals surface area contributed by atoms with Crippen molar-refractivity contribution < 1.29 is 23.7 Å². The van der Waals surface area contributed by atoms with E-state index in [0.717, 1.165) is 42.6 Å². The van der Waals surface area contributed by atoms with Crippen molar-refractivity contribution in [3.8, 4) is 0 Å². The van der Waals surface area contributed by atoms with Crippen LogP contribution in [-0.2, 0) is 18.8 Å². The molecule has 0 unspecified atom stereocenters. The van der Waals surface area contributed by atoms with Gasteiger partial charge in [0.1, 0.15) is 5.57 Å². The van der Waals surface area contributed by atoms with Crippen LogP contribution in [0.5, 0.6) is 0 Å². The summed E-state index contributed by atoms with van der Waals surface area (Å²) in [7, 11) is -3.13. The van der Waals surface area contributed by atoms with E-state index >= 15 is 0 Å². The standard InChI is InChI=1S/C27H45NO6SSi2/c1-21(29)24(26(30)33-16-18-36(5,6)7)20-22-19-23(28(31)32)13-14-25(22)35-17-12-10-11-15-34-37(8,9)27(2,3)4/h13-14,19-20H,10-12,15-18H2,1-9H3. The molecular formula is C27H45NO6SSi2. The normalized spacial score (nSPS) is 12.9. The third kappa shape index (κ3) is 12.1. The molecule has 0 saturated heterocycles. The molecule has 0 aliphatic rings. The van der Waals surface area contributed by atoms with E-state index < -0.39 is 33.1 Å². The maximum Gasteiger partial charge on any atom is 0.341 e. The minimum absolute atomic E-state index is 0.0895. The van der Waals surface area contributed by atoms with Crippen LogP contribution in [0, 0.1) is 10.1 Å². The van der Waals surface area contributed by atoms with Gasteiger partial charge >= 0.3 is 5.97 Å². The number of ether oxygens (including phenoxy) is 1. The van der Waals surface area contributed by atoms with Gasteiger partial charge in [0, 0.05) is 31.7 Å². The lowest BCUT2D eigenvalue weighted by atomic mass is 10.1. The summed E-state index contributed by atoms with van der Waals surface area (Å²) >= 11 is 1.56. The number of hydrogen-bond acceptors (Lipinski definition) is 7. The highest BCUT2D eigenvalue weighted by Gasteiger charge is 2.36. The summed E-state index contributed by atoms with van der Waals surface area (Å²) in [4.78, 5) is 36.6. The zero-order valence-corrected chi connectivity index (χ0v) is 26.9. The molecule has 37 heavy (non-hydrogen) atoms. The molecule has 0 aliphatic heterocycles. The molecular weight excluding hydrogens is 523 g/mol. The van der Waals surface area contributed by atoms with Crippen molar-refractivity contribution in [2.75, 3.05) is 19.0 Å². The van der Waals surface area contributed by atoms with E-state index in [1.165, 1.54) is 25.1 Å². The number of carbonyl (C=O) groups excluding carboxylic acids is 2. The zero-order chi connectivity index (χ0) is 28.4. The highest BCUT2D eigenvalue weighted by atomic mass is 32.2. The maximum absolute atomic E-state index is 12.7. The third-order valence-corrected chi connectivity index (χ3v) is 13.9. The van der Waals surface area contributed by atoms with Gasteiger partial charge in [-0.1, -0.05) is 46.8 Å². The molecule has 208 valence electrons. The molecule has 10 heteroatoms. The second-order valence-electron chi connectivity index (χ2n) is 12.1. The van der Waals surface area contributed by atoms with E-state index in [2.05, 4.69) is 53.5 Å². The summed E-state index contributed by atoms with van der Waals surface area (Å²) in [5.74, 6) is -0.299. The Labute approximate surface area is 229 Å². The van der Waals surface area contributed by atoms with Gasteiger partial charge in [0.2, 0.25) is 0 Å². The lowest BCUT2D eigenvalue weighted by molar-refractivity contribution is -0.384. The van der Waals surface area contributed by atoms with E-state index in [1.807, 2.05) is 0 Å². The van der Waals surface area contributed by atoms with Gasteiger partial charge in [-0.25, -0.2) is 4.79 Å². The van der Waals surface area contributed by atoms with Gasteiger partial charge in [0.25, 0.3) is 5.69 Å². The minimum atomic E-state index is -1.73. The monoisotopic (exact) mass is 567 g/mol. The molecule has 0 aromatic heterocycles. The van der Waals surface area contributed by atoms with Crippen molar-refractivity contribution >= 4 is 51.7 Å². The summed E-state index contributed by atoms with van der Waals surface area (Å²) in [6.45, 7) is 20.1. The molecule has 1 aromatic rings. The fourth-order valence-electron chi connectivity index (χ4n) is 2.99. The van der Waals surface area contributed by atoms with Crippen LogP contribution in [-0.4, -0.2) is 52.0 Å². The van der Waals surface area contributed by atoms with Gasteiger partial charge in [0.05, 0.1) is 11.5 Å². The van der Waals surface area contributed by atoms with Crippen molar-refractivity contribution in [1.82, 2.24) is 0 Å². The second-order valence-corrected chi connectivity index (χ2v) is 23.6. The van der Waals surface area contributed by atoms with E-state index in [0.29, 0.717) is 5.56 Å². The average Bonchev–Trinajstić information content (AvgIpc) is 2.75. The van der Waals surface area contributed by atoms with E-state index in [4.69, 9.17) is 9.16 Å². The topological polar surface area (TPSA) is 95.7 Å². The third-order valence-electron chi connectivity index (χ3n) is 6.50. The first-order valence-electron chi connectivity index (χ1n) is 12.9. The molecule has 0 saturated carbocycles. The molecule has 7 nitrogen and oxygen atoms in total. The number of rotatable bonds is 15. The molecule has 0 spiro atoms. The summed E-state index contributed by atoms with van der Waals surface area (Å²) < 4.78 is 11.6. The van der Waals surface area contributed by atoms with Gasteiger partial charge in [-0.05, 0) is 67.4 Å². The number of thioether (sulfide) groups is 1. The molecule has 1 rings (SSSR count). The van der Waals surface area contributed by atoms with Crippen LogP contribution in [0.2, 0.25) is 43.8 Å². The predicted molar refractivity (Wildman–Crippen MR) is 159 cm³/mol. The number of nitrogens with zero attached hydrogens (tertiary/aromatic N) is 1. The van der Waals surface area contributed by atoms with E-state index in [1.54, 1.807) is 17.8 Å². The minimum Gasteiger partial charge on any atom is -0.462 e. The fourth-order valence-corrected chi connectivity index (χ4v) is 5.81. The Morgan fingerprint density at radius 3 is 2.24 bits per heavy atom. The Morgan fingerprint density at radius 1 is 1.05 bits per heavy atom. The van der Waals surface area contributed by atoms with Crippen LogP contribution in [0.3, 0.4) is 0 Å². The van der Waals surface area contributed by atoms with Crippen molar-refractivity contribution in [2.45, 2.75) is 95.7 Å². The number of hydrogen-bond donors (Lipinski definition) is 0. The van der Waals surface area contributed by atoms with Crippen LogP contribution in [0.1, 0.15) is 52.5 Å². The van der Waals surface area contributed by atoms with Crippen LogP contribution in [0.25, 0.3) is 6.08 Å². The number of non-ortho nitro benzene ring substituents is 1. The van der Waals surface area contributed by atoms with Crippen molar-refractivity contribution in [3.63, 3.8) is 0 Å². The number of ketones is 1. The van der Waals surface area contributed by atoms with Crippen LogP contribution in [0.15, 0.2) is 28.7 Å². The molecule has 0 aliphatic carbocycles. The van der Waals surface area contributed by atoms with Crippen molar-refractivity contribution in [3.05, 3.63) is 39.4 Å². The van der Waals surface area contributed by atoms with Gasteiger partial charge in [-0.2, -0.15) is 0 Å². The largest absolute Gasteiger partial charge is 0.462 e. The highest BCUT2D eigenvalue weighted by molar-refractivity contribution is 7.99. The van der Waals surface area contributed by atoms with Crippen LogP contribution < -0.4 is 0 Å². The summed E-state index contributed by atoms with van der Waals surface area (Å²) in [6.07, 6.45) is 4.39. The zero-order valence-electron chi connectivity index (χ0n) is 24.1. The number of nitro groups is 1. The van der Waals surface area contributed by atoms with Crippen LogP contribution >= 0.6 is 11.8 Å². The number of esters is 1. The highest BCUT2D eigenvalue weighted by Crippen LogP contribution is 2.36. The Balaban J connectivity index is 2.87. The first kappa shape index (κ1) is 33.3. The smallest absolute Gasteiger partial charge is 0.341 e. The molecule has 0 bridgehead atoms.